The Morgan fingerprint density at radius 3 is 2.53 bits per heavy atom. The molecule has 1 fully saturated rings. The van der Waals surface area contributed by atoms with Gasteiger partial charge in [0.2, 0.25) is 0 Å². The number of rotatable bonds is 4. The molecule has 5 heteroatoms. The van der Waals surface area contributed by atoms with Crippen LogP contribution in [-0.2, 0) is 4.74 Å². The fourth-order valence-electron chi connectivity index (χ4n) is 2.50. The molecule has 2 N–H and O–H groups in total. The van der Waals surface area contributed by atoms with Crippen LogP contribution in [0.4, 0.5) is 0 Å². The molecule has 4 nitrogen and oxygen atoms in total. The van der Waals surface area contributed by atoms with Gasteiger partial charge in [0.05, 0.1) is 30.8 Å². The molecule has 0 bridgehead atoms. The zero-order valence-corrected chi connectivity index (χ0v) is 13.1. The van der Waals surface area contributed by atoms with Crippen LogP contribution in [0.1, 0.15) is 24.9 Å². The molecule has 106 valence electrons. The van der Waals surface area contributed by atoms with Crippen molar-refractivity contribution in [3.63, 3.8) is 0 Å². The molecule has 19 heavy (non-hydrogen) atoms. The van der Waals surface area contributed by atoms with Crippen molar-refractivity contribution in [3.05, 3.63) is 22.2 Å². The molecule has 1 aliphatic heterocycles. The predicted octanol–water partition coefficient (Wildman–Crippen LogP) is 2.89. The van der Waals surface area contributed by atoms with E-state index < -0.39 is 0 Å². The molecule has 0 amide bonds. The number of benzene rings is 1. The lowest BCUT2D eigenvalue weighted by Gasteiger charge is -2.25. The highest BCUT2D eigenvalue weighted by molar-refractivity contribution is 9.10. The first-order chi connectivity index (χ1) is 9.08. The molecule has 0 radical (unpaired) electrons. The molecular weight excluding hydrogens is 310 g/mol. The third kappa shape index (κ3) is 2.88. The Hall–Kier alpha value is -0.780. The van der Waals surface area contributed by atoms with Gasteiger partial charge in [0.25, 0.3) is 0 Å². The van der Waals surface area contributed by atoms with Crippen molar-refractivity contribution in [1.82, 2.24) is 0 Å². The minimum Gasteiger partial charge on any atom is -0.496 e. The second kappa shape index (κ2) is 6.11. The zero-order valence-electron chi connectivity index (χ0n) is 11.5. The summed E-state index contributed by atoms with van der Waals surface area (Å²) in [6.07, 6.45) is 1.08. The number of nitrogens with two attached hydrogens (primary N) is 1. The number of methoxy groups -OCH3 is 2. The summed E-state index contributed by atoms with van der Waals surface area (Å²) in [5.74, 6) is 1.95. The Kier molecular flexibility index (Phi) is 4.71. The number of hydrogen-bond acceptors (Lipinski definition) is 4. The van der Waals surface area contributed by atoms with Gasteiger partial charge < -0.3 is 19.9 Å². The van der Waals surface area contributed by atoms with Crippen molar-refractivity contribution in [2.24, 2.45) is 11.7 Å². The van der Waals surface area contributed by atoms with Crippen molar-refractivity contribution in [2.45, 2.75) is 25.5 Å². The van der Waals surface area contributed by atoms with E-state index in [0.29, 0.717) is 5.92 Å². The Morgan fingerprint density at radius 2 is 2.00 bits per heavy atom. The summed E-state index contributed by atoms with van der Waals surface area (Å²) in [7, 11) is 3.28. The van der Waals surface area contributed by atoms with E-state index in [0.717, 1.165) is 34.6 Å². The molecule has 0 aliphatic carbocycles. The van der Waals surface area contributed by atoms with Crippen molar-refractivity contribution in [3.8, 4) is 11.5 Å². The fraction of sp³-hybridized carbons (Fsp3) is 0.571. The molecular formula is C14H20BrNO3. The zero-order chi connectivity index (χ0) is 14.0. The summed E-state index contributed by atoms with van der Waals surface area (Å²) in [6, 6.07) is 3.59. The second-order valence-corrected chi connectivity index (χ2v) is 5.71. The van der Waals surface area contributed by atoms with Gasteiger partial charge >= 0.3 is 0 Å². The molecule has 0 aromatic heterocycles. The lowest BCUT2D eigenvalue weighted by atomic mass is 9.92. The van der Waals surface area contributed by atoms with Gasteiger partial charge in [-0.2, -0.15) is 0 Å². The van der Waals surface area contributed by atoms with Crippen LogP contribution in [0.3, 0.4) is 0 Å². The summed E-state index contributed by atoms with van der Waals surface area (Å²) in [6.45, 7) is 2.94. The molecule has 0 saturated carbocycles. The maximum Gasteiger partial charge on any atom is 0.133 e. The Morgan fingerprint density at radius 1 is 1.32 bits per heavy atom. The lowest BCUT2D eigenvalue weighted by Crippen LogP contribution is -2.30. The number of halogens is 1. The predicted molar refractivity (Wildman–Crippen MR) is 77.7 cm³/mol. The highest BCUT2D eigenvalue weighted by Gasteiger charge is 2.32. The minimum absolute atomic E-state index is 0.0276. The van der Waals surface area contributed by atoms with Crippen LogP contribution in [-0.4, -0.2) is 26.9 Å². The Balaban J connectivity index is 2.36. The Bertz CT molecular complexity index is 453. The summed E-state index contributed by atoms with van der Waals surface area (Å²) < 4.78 is 17.3. The number of ether oxygens (including phenoxy) is 3. The van der Waals surface area contributed by atoms with Gasteiger partial charge in [-0.25, -0.2) is 0 Å². The first-order valence-corrected chi connectivity index (χ1v) is 7.16. The van der Waals surface area contributed by atoms with Gasteiger partial charge in [-0.1, -0.05) is 6.92 Å². The normalized spacial score (nSPS) is 24.3. The van der Waals surface area contributed by atoms with Crippen LogP contribution in [0.2, 0.25) is 0 Å². The summed E-state index contributed by atoms with van der Waals surface area (Å²) >= 11 is 3.45. The van der Waals surface area contributed by atoms with Gasteiger partial charge in [0.1, 0.15) is 11.5 Å². The average molecular weight is 330 g/mol. The summed E-state index contributed by atoms with van der Waals surface area (Å²) in [5.41, 5.74) is 7.28. The van der Waals surface area contributed by atoms with Crippen LogP contribution in [0.15, 0.2) is 16.6 Å². The molecule has 0 spiro atoms. The average Bonchev–Trinajstić information content (AvgIpc) is 2.83. The van der Waals surface area contributed by atoms with Crippen molar-refractivity contribution >= 4 is 15.9 Å². The Labute approximate surface area is 122 Å². The third-order valence-electron chi connectivity index (χ3n) is 3.66. The van der Waals surface area contributed by atoms with E-state index in [4.69, 9.17) is 19.9 Å². The van der Waals surface area contributed by atoms with Crippen LogP contribution in [0.25, 0.3) is 0 Å². The van der Waals surface area contributed by atoms with Crippen LogP contribution in [0, 0.1) is 5.92 Å². The van der Waals surface area contributed by atoms with E-state index in [9.17, 15) is 0 Å². The van der Waals surface area contributed by atoms with Crippen LogP contribution in [0.5, 0.6) is 11.5 Å². The van der Waals surface area contributed by atoms with E-state index >= 15 is 0 Å². The van der Waals surface area contributed by atoms with Crippen LogP contribution < -0.4 is 15.2 Å². The fourth-order valence-corrected chi connectivity index (χ4v) is 2.98. The molecule has 1 aromatic rings. The SMILES string of the molecule is COc1cc(C(N)C2OCCC2C)c(OC)cc1Br. The standard InChI is InChI=1S/C14H20BrNO3/c1-8-4-5-19-14(8)13(16)9-6-12(18-3)10(15)7-11(9)17-2/h6-8,13-14H,4-5,16H2,1-3H3. The maximum atomic E-state index is 6.36. The quantitative estimate of drug-likeness (QED) is 0.922. The van der Waals surface area contributed by atoms with Gasteiger partial charge in [-0.3, -0.25) is 0 Å². The maximum absolute atomic E-state index is 6.36. The molecule has 1 saturated heterocycles. The van der Waals surface area contributed by atoms with E-state index in [1.54, 1.807) is 14.2 Å². The molecule has 1 aromatic carbocycles. The third-order valence-corrected chi connectivity index (χ3v) is 4.28. The van der Waals surface area contributed by atoms with Crippen molar-refractivity contribution in [1.29, 1.82) is 0 Å². The van der Waals surface area contributed by atoms with E-state index in [-0.39, 0.29) is 12.1 Å². The van der Waals surface area contributed by atoms with Gasteiger partial charge in [-0.15, -0.1) is 0 Å². The van der Waals surface area contributed by atoms with Crippen molar-refractivity contribution in [2.75, 3.05) is 20.8 Å². The highest BCUT2D eigenvalue weighted by atomic mass is 79.9. The smallest absolute Gasteiger partial charge is 0.133 e. The van der Waals surface area contributed by atoms with Gasteiger partial charge in [-0.05, 0) is 40.4 Å². The molecule has 1 heterocycles. The first-order valence-electron chi connectivity index (χ1n) is 6.37. The second-order valence-electron chi connectivity index (χ2n) is 4.86. The number of hydrogen-bond donors (Lipinski definition) is 1. The highest BCUT2D eigenvalue weighted by Crippen LogP contribution is 2.39. The minimum atomic E-state index is -0.213. The van der Waals surface area contributed by atoms with E-state index in [1.165, 1.54) is 0 Å². The van der Waals surface area contributed by atoms with Gasteiger partial charge in [0.15, 0.2) is 0 Å². The van der Waals surface area contributed by atoms with Crippen LogP contribution >= 0.6 is 15.9 Å². The molecule has 3 atom stereocenters. The van der Waals surface area contributed by atoms with Gasteiger partial charge in [0, 0.05) is 12.2 Å². The topological polar surface area (TPSA) is 53.7 Å². The summed E-state index contributed by atoms with van der Waals surface area (Å²) in [5, 5.41) is 0. The first kappa shape index (κ1) is 14.6. The molecule has 1 aliphatic rings. The van der Waals surface area contributed by atoms with Crippen molar-refractivity contribution < 1.29 is 14.2 Å². The molecule has 3 unspecified atom stereocenters. The molecule has 2 rings (SSSR count). The van der Waals surface area contributed by atoms with E-state index in [1.807, 2.05) is 12.1 Å². The van der Waals surface area contributed by atoms with E-state index in [2.05, 4.69) is 22.9 Å². The largest absolute Gasteiger partial charge is 0.496 e. The summed E-state index contributed by atoms with van der Waals surface area (Å²) in [4.78, 5) is 0. The monoisotopic (exact) mass is 329 g/mol. The lowest BCUT2D eigenvalue weighted by molar-refractivity contribution is 0.0717.